The van der Waals surface area contributed by atoms with E-state index in [0.29, 0.717) is 5.56 Å². The number of fused-ring (bicyclic) bond motifs is 1. The first kappa shape index (κ1) is 11.2. The molecular formula is C12H12N2O3. The van der Waals surface area contributed by atoms with Gasteiger partial charge in [0.05, 0.1) is 12.7 Å². The first-order valence-corrected chi connectivity index (χ1v) is 5.08. The number of methoxy groups -OCH3 is 1. The van der Waals surface area contributed by atoms with Crippen molar-refractivity contribution >= 4 is 22.8 Å². The van der Waals surface area contributed by atoms with Crippen molar-refractivity contribution in [2.75, 3.05) is 7.11 Å². The molecule has 88 valence electrons. The van der Waals surface area contributed by atoms with E-state index in [2.05, 4.69) is 4.74 Å². The number of amides is 1. The molecule has 0 aliphatic carbocycles. The summed E-state index contributed by atoms with van der Waals surface area (Å²) in [4.78, 5) is 22.5. The molecule has 0 radical (unpaired) electrons. The number of ether oxygens (including phenoxy) is 1. The van der Waals surface area contributed by atoms with Crippen LogP contribution in [0.5, 0.6) is 0 Å². The number of esters is 1. The van der Waals surface area contributed by atoms with Gasteiger partial charge in [0.2, 0.25) is 0 Å². The molecule has 1 aromatic carbocycles. The van der Waals surface area contributed by atoms with Gasteiger partial charge in [0.1, 0.15) is 6.54 Å². The largest absolute Gasteiger partial charge is 0.468 e. The van der Waals surface area contributed by atoms with E-state index >= 15 is 0 Å². The Bertz CT molecular complexity index is 586. The Labute approximate surface area is 97.8 Å². The van der Waals surface area contributed by atoms with E-state index in [-0.39, 0.29) is 12.5 Å². The van der Waals surface area contributed by atoms with E-state index in [1.165, 1.54) is 7.11 Å². The quantitative estimate of drug-likeness (QED) is 0.799. The van der Waals surface area contributed by atoms with Crippen molar-refractivity contribution in [2.45, 2.75) is 6.54 Å². The molecule has 2 N–H and O–H groups in total. The summed E-state index contributed by atoms with van der Waals surface area (Å²) in [6.07, 6.45) is 1.57. The Kier molecular flexibility index (Phi) is 2.82. The zero-order valence-electron chi connectivity index (χ0n) is 9.34. The van der Waals surface area contributed by atoms with Gasteiger partial charge < -0.3 is 15.0 Å². The van der Waals surface area contributed by atoms with Crippen LogP contribution in [0.4, 0.5) is 0 Å². The van der Waals surface area contributed by atoms with Gasteiger partial charge in [0, 0.05) is 17.1 Å². The fourth-order valence-electron chi connectivity index (χ4n) is 1.78. The van der Waals surface area contributed by atoms with Crippen molar-refractivity contribution in [3.05, 3.63) is 36.0 Å². The fourth-order valence-corrected chi connectivity index (χ4v) is 1.78. The molecule has 0 unspecified atom stereocenters. The molecule has 5 nitrogen and oxygen atoms in total. The number of rotatable bonds is 3. The minimum atomic E-state index is -0.509. The van der Waals surface area contributed by atoms with Crippen molar-refractivity contribution < 1.29 is 14.3 Å². The zero-order valence-corrected chi connectivity index (χ0v) is 9.34. The van der Waals surface area contributed by atoms with Crippen LogP contribution >= 0.6 is 0 Å². The van der Waals surface area contributed by atoms with Crippen LogP contribution in [0.25, 0.3) is 10.9 Å². The van der Waals surface area contributed by atoms with Crippen molar-refractivity contribution in [1.29, 1.82) is 0 Å². The van der Waals surface area contributed by atoms with Crippen LogP contribution in [-0.2, 0) is 16.1 Å². The molecule has 2 aromatic rings. The lowest BCUT2D eigenvalue weighted by Crippen LogP contribution is -2.12. The molecule has 0 aliphatic heterocycles. The number of para-hydroxylation sites is 1. The van der Waals surface area contributed by atoms with E-state index in [0.717, 1.165) is 10.9 Å². The second-order valence-electron chi connectivity index (χ2n) is 3.63. The third-order valence-electron chi connectivity index (χ3n) is 2.58. The Balaban J connectivity index is 2.56. The molecule has 2 rings (SSSR count). The standard InChI is InChI=1S/C12H12N2O3/c1-17-11(15)7-14-6-9(12(13)16)8-4-2-3-5-10(8)14/h2-6H,7H2,1H3,(H2,13,16). The van der Waals surface area contributed by atoms with Gasteiger partial charge in [-0.25, -0.2) is 0 Å². The van der Waals surface area contributed by atoms with E-state index in [1.54, 1.807) is 16.8 Å². The minimum Gasteiger partial charge on any atom is -0.468 e. The number of hydrogen-bond acceptors (Lipinski definition) is 3. The van der Waals surface area contributed by atoms with Gasteiger partial charge in [-0.15, -0.1) is 0 Å². The zero-order chi connectivity index (χ0) is 12.4. The first-order valence-electron chi connectivity index (χ1n) is 5.08. The Hall–Kier alpha value is -2.30. The highest BCUT2D eigenvalue weighted by Gasteiger charge is 2.13. The summed E-state index contributed by atoms with van der Waals surface area (Å²) in [7, 11) is 1.32. The van der Waals surface area contributed by atoms with Gasteiger partial charge in [-0.05, 0) is 6.07 Å². The van der Waals surface area contributed by atoms with Crippen molar-refractivity contribution in [1.82, 2.24) is 4.57 Å². The monoisotopic (exact) mass is 232 g/mol. The maximum Gasteiger partial charge on any atom is 0.325 e. The SMILES string of the molecule is COC(=O)Cn1cc(C(N)=O)c2ccccc21. The Morgan fingerprint density at radius 2 is 2.06 bits per heavy atom. The van der Waals surface area contributed by atoms with Crippen LogP contribution in [0.3, 0.4) is 0 Å². The van der Waals surface area contributed by atoms with E-state index in [4.69, 9.17) is 5.73 Å². The number of nitrogens with two attached hydrogens (primary N) is 1. The number of carbonyl (C=O) groups excluding carboxylic acids is 2. The predicted octanol–water partition coefficient (Wildman–Crippen LogP) is 0.913. The molecule has 5 heteroatoms. The van der Waals surface area contributed by atoms with Crippen molar-refractivity contribution in [2.24, 2.45) is 5.73 Å². The summed E-state index contributed by atoms with van der Waals surface area (Å²) in [6.45, 7) is 0.0598. The molecule has 0 saturated carbocycles. The smallest absolute Gasteiger partial charge is 0.325 e. The van der Waals surface area contributed by atoms with Crippen molar-refractivity contribution in [3.8, 4) is 0 Å². The summed E-state index contributed by atoms with van der Waals surface area (Å²) in [5.74, 6) is -0.883. The molecule has 0 saturated heterocycles. The number of primary amides is 1. The van der Waals surface area contributed by atoms with Gasteiger partial charge in [0.25, 0.3) is 5.91 Å². The summed E-state index contributed by atoms with van der Waals surface area (Å²) < 4.78 is 6.25. The molecule has 0 fully saturated rings. The number of hydrogen-bond donors (Lipinski definition) is 1. The topological polar surface area (TPSA) is 74.3 Å². The summed E-state index contributed by atoms with van der Waals surface area (Å²) in [5.41, 5.74) is 6.48. The molecular weight excluding hydrogens is 220 g/mol. The van der Waals surface area contributed by atoms with E-state index in [1.807, 2.05) is 18.2 Å². The number of benzene rings is 1. The summed E-state index contributed by atoms with van der Waals surface area (Å²) in [5, 5.41) is 0.740. The lowest BCUT2D eigenvalue weighted by molar-refractivity contribution is -0.141. The highest BCUT2D eigenvalue weighted by Crippen LogP contribution is 2.20. The van der Waals surface area contributed by atoms with Gasteiger partial charge in [-0.1, -0.05) is 18.2 Å². The van der Waals surface area contributed by atoms with Crippen LogP contribution in [0.2, 0.25) is 0 Å². The van der Waals surface area contributed by atoms with Crippen LogP contribution in [-0.4, -0.2) is 23.6 Å². The normalized spacial score (nSPS) is 10.4. The van der Waals surface area contributed by atoms with Gasteiger partial charge in [0.15, 0.2) is 0 Å². The first-order chi connectivity index (χ1) is 8.13. The third-order valence-corrected chi connectivity index (χ3v) is 2.58. The van der Waals surface area contributed by atoms with Gasteiger partial charge in [-0.2, -0.15) is 0 Å². The van der Waals surface area contributed by atoms with Crippen LogP contribution < -0.4 is 5.73 Å². The molecule has 0 atom stereocenters. The summed E-state index contributed by atoms with van der Waals surface area (Å²) in [6, 6.07) is 7.27. The van der Waals surface area contributed by atoms with Gasteiger partial charge >= 0.3 is 5.97 Å². The Morgan fingerprint density at radius 3 is 2.71 bits per heavy atom. The second-order valence-corrected chi connectivity index (χ2v) is 3.63. The molecule has 0 bridgehead atoms. The highest BCUT2D eigenvalue weighted by atomic mass is 16.5. The van der Waals surface area contributed by atoms with Crippen LogP contribution in [0.15, 0.2) is 30.5 Å². The molecule has 17 heavy (non-hydrogen) atoms. The van der Waals surface area contributed by atoms with E-state index < -0.39 is 5.91 Å². The molecule has 0 spiro atoms. The predicted molar refractivity (Wildman–Crippen MR) is 62.5 cm³/mol. The lowest BCUT2D eigenvalue weighted by atomic mass is 10.2. The average molecular weight is 232 g/mol. The molecule has 1 aromatic heterocycles. The maximum absolute atomic E-state index is 11.3. The second kappa shape index (κ2) is 4.29. The van der Waals surface area contributed by atoms with E-state index in [9.17, 15) is 9.59 Å². The minimum absolute atomic E-state index is 0.0598. The third kappa shape index (κ3) is 1.99. The van der Waals surface area contributed by atoms with Crippen LogP contribution in [0, 0.1) is 0 Å². The summed E-state index contributed by atoms with van der Waals surface area (Å²) >= 11 is 0. The fraction of sp³-hybridized carbons (Fsp3) is 0.167. The Morgan fingerprint density at radius 1 is 1.35 bits per heavy atom. The molecule has 0 aliphatic rings. The van der Waals surface area contributed by atoms with Crippen molar-refractivity contribution in [3.63, 3.8) is 0 Å². The average Bonchev–Trinajstić information content (AvgIpc) is 2.68. The molecule has 1 amide bonds. The number of carbonyl (C=O) groups is 2. The maximum atomic E-state index is 11.3. The number of aromatic nitrogens is 1. The van der Waals surface area contributed by atoms with Gasteiger partial charge in [-0.3, -0.25) is 9.59 Å². The highest BCUT2D eigenvalue weighted by molar-refractivity contribution is 6.06. The molecule has 1 heterocycles. The number of nitrogens with zero attached hydrogens (tertiary/aromatic N) is 1. The van der Waals surface area contributed by atoms with Crippen LogP contribution in [0.1, 0.15) is 10.4 Å². The lowest BCUT2D eigenvalue weighted by Gasteiger charge is -2.02.